The molecule has 0 bridgehead atoms. The molecule has 0 aliphatic heterocycles. The molecule has 0 saturated heterocycles. The fourth-order valence-corrected chi connectivity index (χ4v) is 1.74. The van der Waals surface area contributed by atoms with Gasteiger partial charge in [-0.25, -0.2) is 19.2 Å². The standard InChI is InChI=1S/C12H6ClFN2O3/c13-11-9(4-17)10(15-5-16-11)6-1-7(12(18)19)3-8(14)2-6/h1-5H,(H,18,19). The van der Waals surface area contributed by atoms with E-state index in [1.807, 2.05) is 0 Å². The van der Waals surface area contributed by atoms with Crippen LogP contribution in [0, 0.1) is 5.82 Å². The second kappa shape index (κ2) is 5.11. The number of rotatable bonds is 3. The zero-order valence-electron chi connectivity index (χ0n) is 9.30. The molecular formula is C12H6ClFN2O3. The molecule has 1 heterocycles. The highest BCUT2D eigenvalue weighted by molar-refractivity contribution is 6.32. The molecule has 0 aliphatic rings. The SMILES string of the molecule is O=Cc1c(Cl)ncnc1-c1cc(F)cc(C(=O)O)c1. The van der Waals surface area contributed by atoms with Crippen molar-refractivity contribution in [1.82, 2.24) is 9.97 Å². The van der Waals surface area contributed by atoms with Gasteiger partial charge in [-0.05, 0) is 18.2 Å². The van der Waals surface area contributed by atoms with E-state index in [4.69, 9.17) is 16.7 Å². The van der Waals surface area contributed by atoms with Gasteiger partial charge in [0.15, 0.2) is 6.29 Å². The van der Waals surface area contributed by atoms with Gasteiger partial charge >= 0.3 is 5.97 Å². The van der Waals surface area contributed by atoms with Crippen molar-refractivity contribution in [2.75, 3.05) is 0 Å². The maximum absolute atomic E-state index is 13.4. The van der Waals surface area contributed by atoms with E-state index in [-0.39, 0.29) is 27.5 Å². The molecule has 0 atom stereocenters. The second-order valence-electron chi connectivity index (χ2n) is 3.58. The van der Waals surface area contributed by atoms with Crippen LogP contribution < -0.4 is 0 Å². The molecule has 0 spiro atoms. The molecule has 2 rings (SSSR count). The summed E-state index contributed by atoms with van der Waals surface area (Å²) in [5, 5.41) is 8.78. The third-order valence-electron chi connectivity index (χ3n) is 2.37. The van der Waals surface area contributed by atoms with Gasteiger partial charge in [0.2, 0.25) is 0 Å². The normalized spacial score (nSPS) is 10.2. The van der Waals surface area contributed by atoms with Crippen molar-refractivity contribution in [3.63, 3.8) is 0 Å². The Morgan fingerprint density at radius 3 is 2.68 bits per heavy atom. The highest BCUT2D eigenvalue weighted by Gasteiger charge is 2.14. The Bertz CT molecular complexity index is 676. The fourth-order valence-electron chi connectivity index (χ4n) is 1.56. The first-order valence-electron chi connectivity index (χ1n) is 5.03. The third kappa shape index (κ3) is 2.58. The zero-order valence-corrected chi connectivity index (χ0v) is 10.1. The van der Waals surface area contributed by atoms with Crippen LogP contribution in [0.4, 0.5) is 4.39 Å². The largest absolute Gasteiger partial charge is 0.478 e. The first-order chi connectivity index (χ1) is 9.02. The van der Waals surface area contributed by atoms with Crippen LogP contribution in [0.2, 0.25) is 5.15 Å². The minimum absolute atomic E-state index is 0.0221. The van der Waals surface area contributed by atoms with E-state index in [2.05, 4.69) is 9.97 Å². The van der Waals surface area contributed by atoms with Gasteiger partial charge in [-0.1, -0.05) is 11.6 Å². The number of hydrogen-bond donors (Lipinski definition) is 1. The van der Waals surface area contributed by atoms with Crippen molar-refractivity contribution < 1.29 is 19.1 Å². The third-order valence-corrected chi connectivity index (χ3v) is 2.67. The lowest BCUT2D eigenvalue weighted by Gasteiger charge is -2.06. The van der Waals surface area contributed by atoms with Crippen molar-refractivity contribution in [1.29, 1.82) is 0 Å². The van der Waals surface area contributed by atoms with Crippen molar-refractivity contribution >= 4 is 23.9 Å². The minimum atomic E-state index is -1.28. The molecule has 0 unspecified atom stereocenters. The van der Waals surface area contributed by atoms with Crippen LogP contribution in [-0.4, -0.2) is 27.3 Å². The highest BCUT2D eigenvalue weighted by Crippen LogP contribution is 2.25. The van der Waals surface area contributed by atoms with Crippen LogP contribution >= 0.6 is 11.6 Å². The topological polar surface area (TPSA) is 80.2 Å². The monoisotopic (exact) mass is 280 g/mol. The van der Waals surface area contributed by atoms with Gasteiger partial charge in [-0.3, -0.25) is 4.79 Å². The molecule has 2 aromatic rings. The lowest BCUT2D eigenvalue weighted by atomic mass is 10.0. The summed E-state index contributed by atoms with van der Waals surface area (Å²) >= 11 is 5.73. The molecule has 0 aliphatic carbocycles. The summed E-state index contributed by atoms with van der Waals surface area (Å²) in [5.74, 6) is -2.03. The molecule has 0 saturated carbocycles. The van der Waals surface area contributed by atoms with Crippen LogP contribution in [-0.2, 0) is 0 Å². The molecule has 0 fully saturated rings. The molecule has 0 radical (unpaired) electrons. The van der Waals surface area contributed by atoms with Crippen LogP contribution in [0.5, 0.6) is 0 Å². The van der Waals surface area contributed by atoms with Gasteiger partial charge in [0.25, 0.3) is 0 Å². The summed E-state index contributed by atoms with van der Waals surface area (Å²) in [4.78, 5) is 29.3. The van der Waals surface area contributed by atoms with Crippen LogP contribution in [0.1, 0.15) is 20.7 Å². The van der Waals surface area contributed by atoms with Crippen molar-refractivity contribution in [3.05, 3.63) is 46.6 Å². The summed E-state index contributed by atoms with van der Waals surface area (Å²) < 4.78 is 13.4. The Morgan fingerprint density at radius 1 is 1.32 bits per heavy atom. The number of hydrogen-bond acceptors (Lipinski definition) is 4. The van der Waals surface area contributed by atoms with E-state index in [0.29, 0.717) is 6.29 Å². The first-order valence-corrected chi connectivity index (χ1v) is 5.40. The Balaban J connectivity index is 2.68. The average Bonchev–Trinajstić information content (AvgIpc) is 2.37. The number of benzene rings is 1. The van der Waals surface area contributed by atoms with Crippen LogP contribution in [0.15, 0.2) is 24.5 Å². The minimum Gasteiger partial charge on any atom is -0.478 e. The van der Waals surface area contributed by atoms with Gasteiger partial charge in [0.1, 0.15) is 17.3 Å². The van der Waals surface area contributed by atoms with Crippen LogP contribution in [0.25, 0.3) is 11.3 Å². The molecule has 7 heteroatoms. The molecule has 1 N–H and O–H groups in total. The number of carbonyl (C=O) groups is 2. The summed E-state index contributed by atoms with van der Waals surface area (Å²) in [6.07, 6.45) is 1.54. The van der Waals surface area contributed by atoms with Gasteiger partial charge in [-0.2, -0.15) is 0 Å². The van der Waals surface area contributed by atoms with Gasteiger partial charge in [0, 0.05) is 5.56 Å². The number of carboxylic acids is 1. The molecule has 19 heavy (non-hydrogen) atoms. The van der Waals surface area contributed by atoms with E-state index in [1.165, 1.54) is 6.07 Å². The molecule has 5 nitrogen and oxygen atoms in total. The predicted octanol–water partition coefficient (Wildman–Crippen LogP) is 2.45. The second-order valence-corrected chi connectivity index (χ2v) is 3.94. The Kier molecular flexibility index (Phi) is 3.52. The molecular weight excluding hydrogens is 275 g/mol. The van der Waals surface area contributed by atoms with Gasteiger partial charge in [0.05, 0.1) is 16.8 Å². The fraction of sp³-hybridized carbons (Fsp3) is 0. The summed E-state index contributed by atoms with van der Waals surface area (Å²) in [6.45, 7) is 0. The average molecular weight is 281 g/mol. The number of aromatic nitrogens is 2. The Morgan fingerprint density at radius 2 is 2.05 bits per heavy atom. The summed E-state index contributed by atoms with van der Waals surface area (Å²) in [6, 6.07) is 3.14. The lowest BCUT2D eigenvalue weighted by molar-refractivity contribution is 0.0696. The van der Waals surface area contributed by atoms with E-state index >= 15 is 0 Å². The summed E-state index contributed by atoms with van der Waals surface area (Å²) in [5.41, 5.74) is -0.0477. The number of carboxylic acid groups (broad SMARTS) is 1. The predicted molar refractivity (Wildman–Crippen MR) is 64.8 cm³/mol. The van der Waals surface area contributed by atoms with Crippen LogP contribution in [0.3, 0.4) is 0 Å². The lowest BCUT2D eigenvalue weighted by Crippen LogP contribution is -2.00. The number of aromatic carboxylic acids is 1. The highest BCUT2D eigenvalue weighted by atomic mass is 35.5. The molecule has 0 amide bonds. The number of halogens is 2. The quantitative estimate of drug-likeness (QED) is 0.690. The number of aldehydes is 1. The van der Waals surface area contributed by atoms with E-state index in [0.717, 1.165) is 18.5 Å². The smallest absolute Gasteiger partial charge is 0.335 e. The van der Waals surface area contributed by atoms with Gasteiger partial charge in [-0.15, -0.1) is 0 Å². The maximum atomic E-state index is 13.4. The van der Waals surface area contributed by atoms with Crippen molar-refractivity contribution in [2.24, 2.45) is 0 Å². The first kappa shape index (κ1) is 13.1. The zero-order chi connectivity index (χ0) is 14.0. The Hall–Kier alpha value is -2.34. The Labute approximate surface area is 111 Å². The maximum Gasteiger partial charge on any atom is 0.335 e. The van der Waals surface area contributed by atoms with Crippen molar-refractivity contribution in [2.45, 2.75) is 0 Å². The molecule has 1 aromatic heterocycles. The van der Waals surface area contributed by atoms with E-state index in [1.54, 1.807) is 0 Å². The van der Waals surface area contributed by atoms with E-state index < -0.39 is 11.8 Å². The van der Waals surface area contributed by atoms with Crippen molar-refractivity contribution in [3.8, 4) is 11.3 Å². The molecule has 96 valence electrons. The number of carbonyl (C=O) groups excluding carboxylic acids is 1. The van der Waals surface area contributed by atoms with E-state index in [9.17, 15) is 14.0 Å². The molecule has 1 aromatic carbocycles. The number of nitrogens with zero attached hydrogens (tertiary/aromatic N) is 2. The summed E-state index contributed by atoms with van der Waals surface area (Å²) in [7, 11) is 0. The van der Waals surface area contributed by atoms with Gasteiger partial charge < -0.3 is 5.11 Å².